The molecule has 0 aromatic heterocycles. The van der Waals surface area contributed by atoms with Crippen molar-refractivity contribution in [2.45, 2.75) is 53.4 Å². The maximum atomic E-state index is 2.41. The molecule has 0 saturated carbocycles. The molecule has 54 heavy (non-hydrogen) atoms. The minimum atomic E-state index is -2.21. The fourth-order valence-electron chi connectivity index (χ4n) is 8.44. The Bertz CT molecular complexity index is 1820. The van der Waals surface area contributed by atoms with E-state index in [0.29, 0.717) is 0 Å². The number of allylic oxidation sites excluding steroid dienone is 16. The van der Waals surface area contributed by atoms with Crippen LogP contribution in [0.5, 0.6) is 0 Å². The van der Waals surface area contributed by atoms with Crippen LogP contribution in [0.3, 0.4) is 0 Å². The molecule has 0 nitrogen and oxygen atoms in total. The van der Waals surface area contributed by atoms with E-state index in [0.717, 1.165) is 0 Å². The Hall–Kier alpha value is -2.45. The molecule has 0 saturated heterocycles. The molecule has 0 atom stereocenters. The zero-order chi connectivity index (χ0) is 35.9. The van der Waals surface area contributed by atoms with E-state index >= 15 is 0 Å². The second-order valence-electron chi connectivity index (χ2n) is 14.4. The molecule has 0 N–H and O–H groups in total. The largest absolute Gasteiger partial charge is 1.00 e. The number of benzene rings is 4. The van der Waals surface area contributed by atoms with Crippen molar-refractivity contribution < 1.29 is 66.0 Å². The van der Waals surface area contributed by atoms with Gasteiger partial charge in [-0.1, -0.05) is 0 Å². The van der Waals surface area contributed by atoms with Crippen LogP contribution in [0.25, 0.3) is 0 Å². The van der Waals surface area contributed by atoms with Crippen molar-refractivity contribution in [3.63, 3.8) is 0 Å². The van der Waals surface area contributed by atoms with Crippen molar-refractivity contribution in [2.75, 3.05) is 0 Å². The molecule has 0 spiro atoms. The molecular formula is C48H50Cl2Hf2Si2. The number of hydrogen-bond donors (Lipinski definition) is 0. The summed E-state index contributed by atoms with van der Waals surface area (Å²) >= 11 is -4.43. The van der Waals surface area contributed by atoms with Crippen molar-refractivity contribution >= 4 is 32.7 Å². The standard InChI is InChI=1S/2C12H11Si.4C6H7.2ClH.2Hf/c2*1-3-7-11(8-4-1)13-12-9-5-2-6-10-12;4*1-6-4-2-3-5-6;;;;/h2*1-10,13H;4*2,4H,3H2,1H3;2*1H;;/q;;;;;;;;2*+1/p-2. The molecule has 6 heteroatoms. The molecule has 0 amide bonds. The van der Waals surface area contributed by atoms with Gasteiger partial charge in [0.25, 0.3) is 0 Å². The van der Waals surface area contributed by atoms with Crippen LogP contribution in [0.15, 0.2) is 206 Å². The van der Waals surface area contributed by atoms with Crippen LogP contribution in [-0.4, -0.2) is 12.0 Å². The summed E-state index contributed by atoms with van der Waals surface area (Å²) in [6, 6.07) is 45.8. The van der Waals surface area contributed by atoms with E-state index in [1.54, 1.807) is 43.0 Å². The van der Waals surface area contributed by atoms with Crippen LogP contribution in [-0.2, 0) is 41.2 Å². The first-order valence-corrected chi connectivity index (χ1v) is 42.0. The van der Waals surface area contributed by atoms with Gasteiger partial charge in [-0.15, -0.1) is 0 Å². The molecule has 0 radical (unpaired) electrons. The molecule has 4 aromatic rings. The third-order valence-corrected chi connectivity index (χ3v) is 72.6. The predicted molar refractivity (Wildman–Crippen MR) is 224 cm³/mol. The summed E-state index contributed by atoms with van der Waals surface area (Å²) in [5.74, 6) is -2.46. The topological polar surface area (TPSA) is 0 Å². The van der Waals surface area contributed by atoms with Gasteiger partial charge < -0.3 is 24.8 Å². The SMILES string of the molecule is CC1=[C]([Hf+]([C]2=C(C)C=CC2)[SiH](c2ccccc2)c2ccccc2)CC=C1.CC1=[C]([Hf+]([C]2=C(C)C=CC2)[SiH](c2ccccc2)c2ccccc2)CC=C1.[Cl-].[Cl-]. The van der Waals surface area contributed by atoms with Crippen LogP contribution in [0, 0.1) is 0 Å². The Morgan fingerprint density at radius 2 is 0.537 bits per heavy atom. The van der Waals surface area contributed by atoms with E-state index in [4.69, 9.17) is 0 Å². The van der Waals surface area contributed by atoms with Crippen LogP contribution < -0.4 is 45.6 Å². The normalized spacial score (nSPS) is 15.7. The van der Waals surface area contributed by atoms with Gasteiger partial charge >= 0.3 is 333 Å². The van der Waals surface area contributed by atoms with Crippen molar-refractivity contribution in [3.8, 4) is 0 Å². The third kappa shape index (κ3) is 9.73. The zero-order valence-corrected chi connectivity index (χ0v) is 42.9. The predicted octanol–water partition coefficient (Wildman–Crippen LogP) is 3.23. The second kappa shape index (κ2) is 20.6. The summed E-state index contributed by atoms with van der Waals surface area (Å²) in [6.45, 7) is 9.40. The summed E-state index contributed by atoms with van der Waals surface area (Å²) in [4.78, 5) is 0. The van der Waals surface area contributed by atoms with Crippen molar-refractivity contribution in [1.82, 2.24) is 0 Å². The van der Waals surface area contributed by atoms with E-state index in [2.05, 4.69) is 198 Å². The van der Waals surface area contributed by atoms with Gasteiger partial charge in [-0.3, -0.25) is 0 Å². The molecule has 0 bridgehead atoms. The van der Waals surface area contributed by atoms with Gasteiger partial charge in [0, 0.05) is 0 Å². The minimum Gasteiger partial charge on any atom is -1.00 e. The molecule has 0 fully saturated rings. The first-order valence-electron chi connectivity index (χ1n) is 18.9. The number of hydrogen-bond acceptors (Lipinski definition) is 0. The van der Waals surface area contributed by atoms with Crippen molar-refractivity contribution in [2.24, 2.45) is 0 Å². The van der Waals surface area contributed by atoms with Gasteiger partial charge in [0.05, 0.1) is 0 Å². The molecule has 0 heterocycles. The smallest absolute Gasteiger partial charge is 1.00 e. The minimum absolute atomic E-state index is 0. The fraction of sp³-hybridized carbons (Fsp3) is 0.167. The number of halogens is 2. The average molecular weight is 1110 g/mol. The maximum absolute atomic E-state index is 2.41. The zero-order valence-electron chi connectivity index (χ0n) is 31.9. The molecule has 4 aliphatic rings. The molecule has 4 aliphatic carbocycles. The number of rotatable bonds is 10. The van der Waals surface area contributed by atoms with Gasteiger partial charge in [-0.25, -0.2) is 0 Å². The Balaban J connectivity index is 0.000000200. The van der Waals surface area contributed by atoms with E-state index < -0.39 is 53.2 Å². The molecule has 4 aromatic carbocycles. The quantitative estimate of drug-likeness (QED) is 0.215. The monoisotopic (exact) mass is 1110 g/mol. The van der Waals surface area contributed by atoms with E-state index in [1.165, 1.54) is 25.7 Å². The van der Waals surface area contributed by atoms with Crippen LogP contribution in [0.2, 0.25) is 0 Å². The molecular weight excluding hydrogens is 1060 g/mol. The first kappa shape index (κ1) is 42.7. The summed E-state index contributed by atoms with van der Waals surface area (Å²) < 4.78 is 7.43. The maximum Gasteiger partial charge on any atom is -1.00 e. The Labute approximate surface area is 354 Å². The van der Waals surface area contributed by atoms with Gasteiger partial charge in [0.15, 0.2) is 0 Å². The summed E-state index contributed by atoms with van der Waals surface area (Å²) in [6.07, 6.45) is 23.9. The van der Waals surface area contributed by atoms with E-state index in [9.17, 15) is 0 Å². The van der Waals surface area contributed by atoms with Crippen LogP contribution in [0.1, 0.15) is 53.4 Å². The summed E-state index contributed by atoms with van der Waals surface area (Å²) in [5.41, 5.74) is 6.29. The van der Waals surface area contributed by atoms with Crippen LogP contribution in [0.4, 0.5) is 0 Å². The molecule has 8 rings (SSSR count). The van der Waals surface area contributed by atoms with E-state index in [-0.39, 0.29) is 24.8 Å². The molecule has 0 aliphatic heterocycles. The first-order chi connectivity index (χ1) is 25.5. The summed E-state index contributed by atoms with van der Waals surface area (Å²) in [5, 5.41) is 6.56. The Morgan fingerprint density at radius 3 is 0.704 bits per heavy atom. The van der Waals surface area contributed by atoms with Crippen molar-refractivity contribution in [1.29, 1.82) is 0 Å². The van der Waals surface area contributed by atoms with Crippen LogP contribution >= 0.6 is 0 Å². The summed E-state index contributed by atoms with van der Waals surface area (Å²) in [7, 11) is 0. The second-order valence-corrected chi connectivity index (χ2v) is 55.3. The average Bonchev–Trinajstić information content (AvgIpc) is 4.01. The van der Waals surface area contributed by atoms with Gasteiger partial charge in [-0.2, -0.15) is 0 Å². The Kier molecular flexibility index (Phi) is 16.3. The molecule has 0 unspecified atom stereocenters. The van der Waals surface area contributed by atoms with E-state index in [1.807, 2.05) is 13.3 Å². The van der Waals surface area contributed by atoms with Crippen molar-refractivity contribution in [3.05, 3.63) is 206 Å². The van der Waals surface area contributed by atoms with Gasteiger partial charge in [-0.05, 0) is 0 Å². The fourth-order valence-corrected chi connectivity index (χ4v) is 78.1. The molecule has 272 valence electrons. The van der Waals surface area contributed by atoms with Gasteiger partial charge in [0.2, 0.25) is 0 Å². The third-order valence-electron chi connectivity index (χ3n) is 11.1. The van der Waals surface area contributed by atoms with Gasteiger partial charge in [0.1, 0.15) is 0 Å². The Morgan fingerprint density at radius 1 is 0.333 bits per heavy atom.